The first-order chi connectivity index (χ1) is 8.32. The first kappa shape index (κ1) is 15.2. The molecule has 1 rings (SSSR count). The summed E-state index contributed by atoms with van der Waals surface area (Å²) in [5, 5.41) is 32.0. The van der Waals surface area contributed by atoms with Gasteiger partial charge in [0, 0.05) is 24.1 Å². The van der Waals surface area contributed by atoms with Gasteiger partial charge in [0.2, 0.25) is 5.91 Å². The molecule has 0 aromatic heterocycles. The summed E-state index contributed by atoms with van der Waals surface area (Å²) in [6, 6.07) is 2.82. The molecule has 0 heterocycles. The molecular formula is C11H13BrClNO4. The van der Waals surface area contributed by atoms with E-state index < -0.39 is 12.2 Å². The van der Waals surface area contributed by atoms with E-state index >= 15 is 0 Å². The minimum Gasteiger partial charge on any atom is -0.506 e. The van der Waals surface area contributed by atoms with Crippen molar-refractivity contribution in [2.24, 2.45) is 0 Å². The third-order valence-electron chi connectivity index (χ3n) is 2.30. The average molecular weight is 339 g/mol. The molecule has 2 unspecified atom stereocenters. The van der Waals surface area contributed by atoms with Crippen LogP contribution in [0.15, 0.2) is 16.6 Å². The number of hydrogen-bond donors (Lipinski definition) is 4. The molecule has 0 radical (unpaired) electrons. The van der Waals surface area contributed by atoms with E-state index in [-0.39, 0.29) is 23.8 Å². The lowest BCUT2D eigenvalue weighted by molar-refractivity contribution is -0.119. The Balaban J connectivity index is 2.89. The van der Waals surface area contributed by atoms with Gasteiger partial charge >= 0.3 is 0 Å². The van der Waals surface area contributed by atoms with Crippen LogP contribution >= 0.6 is 27.5 Å². The van der Waals surface area contributed by atoms with Gasteiger partial charge in [0.25, 0.3) is 0 Å². The largest absolute Gasteiger partial charge is 0.506 e. The van der Waals surface area contributed by atoms with Crippen LogP contribution in [0.2, 0.25) is 5.02 Å². The molecule has 1 amide bonds. The molecule has 0 aliphatic rings. The van der Waals surface area contributed by atoms with Gasteiger partial charge in [-0.15, -0.1) is 0 Å². The van der Waals surface area contributed by atoms with Crippen molar-refractivity contribution in [1.82, 2.24) is 5.32 Å². The molecule has 1 aromatic rings. The topological polar surface area (TPSA) is 89.8 Å². The van der Waals surface area contributed by atoms with Crippen LogP contribution in [0.3, 0.4) is 0 Å². The lowest BCUT2D eigenvalue weighted by Crippen LogP contribution is -2.34. The average Bonchev–Trinajstić information content (AvgIpc) is 2.29. The summed E-state index contributed by atoms with van der Waals surface area (Å²) in [7, 11) is 0. The Labute approximate surface area is 118 Å². The number of carbonyl (C=O) groups excluding carboxylic acids is 1. The minimum atomic E-state index is -1.35. The zero-order chi connectivity index (χ0) is 13.9. The van der Waals surface area contributed by atoms with Gasteiger partial charge in [-0.05, 0) is 28.1 Å². The monoisotopic (exact) mass is 337 g/mol. The van der Waals surface area contributed by atoms with Gasteiger partial charge in [-0.3, -0.25) is 4.79 Å². The molecule has 5 nitrogen and oxygen atoms in total. The summed E-state index contributed by atoms with van der Waals surface area (Å²) in [6.07, 6.45) is -2.60. The van der Waals surface area contributed by atoms with Crippen LogP contribution < -0.4 is 5.32 Å². The van der Waals surface area contributed by atoms with E-state index in [0.717, 1.165) is 0 Å². The third-order valence-corrected chi connectivity index (χ3v) is 3.12. The summed E-state index contributed by atoms with van der Waals surface area (Å²) >= 11 is 8.87. The molecule has 0 aliphatic heterocycles. The highest BCUT2D eigenvalue weighted by atomic mass is 79.9. The van der Waals surface area contributed by atoms with Crippen LogP contribution in [0.5, 0.6) is 5.75 Å². The number of nitrogens with one attached hydrogen (secondary N) is 1. The smallest absolute Gasteiger partial charge is 0.216 e. The Morgan fingerprint density at radius 3 is 2.67 bits per heavy atom. The van der Waals surface area contributed by atoms with Crippen LogP contribution in [0.4, 0.5) is 0 Å². The maximum atomic E-state index is 10.7. The first-order valence-electron chi connectivity index (χ1n) is 5.11. The molecule has 0 spiro atoms. The fraction of sp³-hybridized carbons (Fsp3) is 0.364. The standard InChI is InChI=1S/C11H13BrClNO4/c1-5(15)14-4-9(16)11(18)7-2-6(13)3-8(12)10(7)17/h2-3,9,11,16-18H,4H2,1H3,(H,14,15). The minimum absolute atomic E-state index is 0.0900. The number of phenols is 1. The molecule has 4 N–H and O–H groups in total. The molecular weight excluding hydrogens is 325 g/mol. The van der Waals surface area contributed by atoms with Gasteiger partial charge in [-0.1, -0.05) is 11.6 Å². The zero-order valence-corrected chi connectivity index (χ0v) is 11.9. The van der Waals surface area contributed by atoms with Crippen molar-refractivity contribution >= 4 is 33.4 Å². The number of amides is 1. The van der Waals surface area contributed by atoms with Crippen LogP contribution in [-0.2, 0) is 4.79 Å². The number of carbonyl (C=O) groups is 1. The van der Waals surface area contributed by atoms with Crippen LogP contribution in [0, 0.1) is 0 Å². The quantitative estimate of drug-likeness (QED) is 0.667. The number of hydrogen-bond acceptors (Lipinski definition) is 4. The van der Waals surface area contributed by atoms with E-state index in [1.54, 1.807) is 0 Å². The Bertz CT molecular complexity index is 455. The number of aliphatic hydroxyl groups is 2. The first-order valence-corrected chi connectivity index (χ1v) is 6.28. The number of halogens is 2. The van der Waals surface area contributed by atoms with E-state index in [2.05, 4.69) is 21.2 Å². The number of benzene rings is 1. The Morgan fingerprint density at radius 2 is 2.11 bits per heavy atom. The highest BCUT2D eigenvalue weighted by Crippen LogP contribution is 2.36. The van der Waals surface area contributed by atoms with E-state index in [4.69, 9.17) is 11.6 Å². The summed E-state index contributed by atoms with van der Waals surface area (Å²) in [5.74, 6) is -0.522. The van der Waals surface area contributed by atoms with Gasteiger partial charge in [0.15, 0.2) is 0 Å². The highest BCUT2D eigenvalue weighted by molar-refractivity contribution is 9.10. The number of aliphatic hydroxyl groups excluding tert-OH is 2. The third kappa shape index (κ3) is 3.84. The van der Waals surface area contributed by atoms with Crippen LogP contribution in [0.1, 0.15) is 18.6 Å². The molecule has 0 bridgehead atoms. The Kier molecular flexibility index (Phi) is 5.40. The van der Waals surface area contributed by atoms with Crippen LogP contribution in [-0.4, -0.2) is 33.9 Å². The molecule has 7 heteroatoms. The predicted molar refractivity (Wildman–Crippen MR) is 70.5 cm³/mol. The summed E-state index contributed by atoms with van der Waals surface area (Å²) in [6.45, 7) is 1.17. The SMILES string of the molecule is CC(=O)NCC(O)C(O)c1cc(Cl)cc(Br)c1O. The fourth-order valence-electron chi connectivity index (χ4n) is 1.38. The molecule has 0 fully saturated rings. The molecule has 100 valence electrons. The normalized spacial score (nSPS) is 14.1. The van der Waals surface area contributed by atoms with Gasteiger partial charge in [-0.25, -0.2) is 0 Å². The zero-order valence-electron chi connectivity index (χ0n) is 9.52. The molecule has 1 aromatic carbocycles. The van der Waals surface area contributed by atoms with Gasteiger partial charge < -0.3 is 20.6 Å². The summed E-state index contributed by atoms with van der Waals surface area (Å²) < 4.78 is 0.316. The summed E-state index contributed by atoms with van der Waals surface area (Å²) in [5.41, 5.74) is 0.0900. The van der Waals surface area contributed by atoms with Gasteiger partial charge in [0.05, 0.1) is 4.47 Å². The van der Waals surface area contributed by atoms with Crippen molar-refractivity contribution < 1.29 is 20.1 Å². The van der Waals surface area contributed by atoms with Crippen molar-refractivity contribution in [2.45, 2.75) is 19.1 Å². The second-order valence-corrected chi connectivity index (χ2v) is 5.07. The molecule has 18 heavy (non-hydrogen) atoms. The van der Waals surface area contributed by atoms with Crippen molar-refractivity contribution in [3.8, 4) is 5.75 Å². The predicted octanol–water partition coefficient (Wildman–Crippen LogP) is 1.34. The number of rotatable bonds is 4. The fourth-order valence-corrected chi connectivity index (χ4v) is 2.21. The van der Waals surface area contributed by atoms with E-state index in [9.17, 15) is 20.1 Å². The maximum Gasteiger partial charge on any atom is 0.216 e. The van der Waals surface area contributed by atoms with Crippen molar-refractivity contribution in [2.75, 3.05) is 6.54 Å². The Morgan fingerprint density at radius 1 is 1.50 bits per heavy atom. The molecule has 0 aliphatic carbocycles. The summed E-state index contributed by atoms with van der Waals surface area (Å²) in [4.78, 5) is 10.7. The highest BCUT2D eigenvalue weighted by Gasteiger charge is 2.23. The molecule has 2 atom stereocenters. The molecule has 0 saturated carbocycles. The van der Waals surface area contributed by atoms with Crippen LogP contribution in [0.25, 0.3) is 0 Å². The van der Waals surface area contributed by atoms with E-state index in [1.807, 2.05) is 0 Å². The lowest BCUT2D eigenvalue weighted by atomic mass is 10.0. The molecule has 0 saturated heterocycles. The van der Waals surface area contributed by atoms with Crippen molar-refractivity contribution in [3.05, 3.63) is 27.2 Å². The maximum absolute atomic E-state index is 10.7. The second-order valence-electron chi connectivity index (χ2n) is 3.77. The van der Waals surface area contributed by atoms with E-state index in [1.165, 1.54) is 19.1 Å². The number of aromatic hydroxyl groups is 1. The lowest BCUT2D eigenvalue weighted by Gasteiger charge is -2.20. The van der Waals surface area contributed by atoms with Crippen molar-refractivity contribution in [3.63, 3.8) is 0 Å². The second kappa shape index (κ2) is 6.38. The number of phenolic OH excluding ortho intramolecular Hbond substituents is 1. The van der Waals surface area contributed by atoms with Gasteiger partial charge in [-0.2, -0.15) is 0 Å². The van der Waals surface area contributed by atoms with Crippen molar-refractivity contribution in [1.29, 1.82) is 0 Å². The van der Waals surface area contributed by atoms with Gasteiger partial charge in [0.1, 0.15) is 18.0 Å². The van der Waals surface area contributed by atoms with E-state index in [0.29, 0.717) is 9.50 Å². The Hall–Kier alpha value is -0.820.